The number of benzene rings is 1. The number of carboxylic acids is 1. The highest BCUT2D eigenvalue weighted by Gasteiger charge is 2.46. The fourth-order valence-electron chi connectivity index (χ4n) is 4.45. The molecule has 2 atom stereocenters. The standard InChI is InChI=1S/C24H22ClF2N5O2S/c25-17-3-1-2-15(21(17)27)14-32-10-7-24(22(33)34,12-16(32)6-8-28)13-19-18(26)4-5-20(30-19)31-23-29-9-11-35-23/h1-5,9,11,16H,6-7,10,12-14H2,(H,33,34)(H,29,30,31). The average molecular weight is 518 g/mol. The van der Waals surface area contributed by atoms with Gasteiger partial charge in [0.25, 0.3) is 0 Å². The smallest absolute Gasteiger partial charge is 0.310 e. The van der Waals surface area contributed by atoms with Crippen LogP contribution >= 0.6 is 22.9 Å². The summed E-state index contributed by atoms with van der Waals surface area (Å²) in [5.41, 5.74) is -0.922. The second kappa shape index (κ2) is 10.6. The number of nitrogens with zero attached hydrogens (tertiary/aromatic N) is 4. The molecular formula is C24H22ClF2N5O2S. The Hall–Kier alpha value is -3.13. The largest absolute Gasteiger partial charge is 0.481 e. The molecule has 35 heavy (non-hydrogen) atoms. The number of carboxylic acid groups (broad SMARTS) is 1. The van der Waals surface area contributed by atoms with Gasteiger partial charge in [0.2, 0.25) is 0 Å². The summed E-state index contributed by atoms with van der Waals surface area (Å²) >= 11 is 7.26. The fraction of sp³-hybridized carbons (Fsp3) is 0.333. The van der Waals surface area contributed by atoms with Crippen molar-refractivity contribution in [2.75, 3.05) is 11.9 Å². The van der Waals surface area contributed by atoms with Crippen LogP contribution in [0.5, 0.6) is 0 Å². The van der Waals surface area contributed by atoms with E-state index in [9.17, 15) is 23.9 Å². The molecule has 0 bridgehead atoms. The van der Waals surface area contributed by atoms with E-state index in [0.29, 0.717) is 23.1 Å². The van der Waals surface area contributed by atoms with Gasteiger partial charge >= 0.3 is 5.97 Å². The quantitative estimate of drug-likeness (QED) is 0.412. The number of likely N-dealkylation sites (tertiary alicyclic amines) is 1. The number of aliphatic carboxylic acids is 1. The lowest BCUT2D eigenvalue weighted by molar-refractivity contribution is -0.153. The normalized spacial score (nSPS) is 20.3. The maximum Gasteiger partial charge on any atom is 0.310 e. The zero-order valence-electron chi connectivity index (χ0n) is 18.5. The zero-order chi connectivity index (χ0) is 25.0. The number of nitriles is 1. The van der Waals surface area contributed by atoms with E-state index in [2.05, 4.69) is 21.4 Å². The lowest BCUT2D eigenvalue weighted by Gasteiger charge is -2.44. The molecule has 0 saturated carbocycles. The Labute approximate surface area is 210 Å². The van der Waals surface area contributed by atoms with Crippen molar-refractivity contribution in [1.82, 2.24) is 14.9 Å². The first-order chi connectivity index (χ1) is 16.8. The van der Waals surface area contributed by atoms with Crippen molar-refractivity contribution in [3.8, 4) is 6.07 Å². The molecule has 7 nitrogen and oxygen atoms in total. The van der Waals surface area contributed by atoms with Gasteiger partial charge in [0.05, 0.1) is 28.6 Å². The molecule has 2 N–H and O–H groups in total. The number of pyridine rings is 1. The van der Waals surface area contributed by atoms with E-state index in [0.717, 1.165) is 0 Å². The maximum atomic E-state index is 14.7. The van der Waals surface area contributed by atoms with Crippen LogP contribution in [0.3, 0.4) is 0 Å². The second-order valence-electron chi connectivity index (χ2n) is 8.50. The molecule has 1 aliphatic rings. The van der Waals surface area contributed by atoms with Crippen molar-refractivity contribution in [2.24, 2.45) is 5.41 Å². The van der Waals surface area contributed by atoms with E-state index >= 15 is 0 Å². The predicted molar refractivity (Wildman–Crippen MR) is 128 cm³/mol. The van der Waals surface area contributed by atoms with Gasteiger partial charge in [-0.05, 0) is 37.6 Å². The summed E-state index contributed by atoms with van der Waals surface area (Å²) in [6, 6.07) is 9.08. The third-order valence-electron chi connectivity index (χ3n) is 6.30. The Balaban J connectivity index is 1.57. The number of nitrogens with one attached hydrogen (secondary N) is 1. The zero-order valence-corrected chi connectivity index (χ0v) is 20.1. The van der Waals surface area contributed by atoms with E-state index in [1.165, 1.54) is 29.5 Å². The number of piperidine rings is 1. The van der Waals surface area contributed by atoms with E-state index in [1.807, 2.05) is 4.90 Å². The third-order valence-corrected chi connectivity index (χ3v) is 7.28. The molecule has 3 aromatic rings. The molecule has 2 unspecified atom stereocenters. The number of anilines is 2. The summed E-state index contributed by atoms with van der Waals surface area (Å²) in [4.78, 5) is 22.8. The molecule has 1 aliphatic heterocycles. The van der Waals surface area contributed by atoms with E-state index in [-0.39, 0.29) is 42.9 Å². The summed E-state index contributed by atoms with van der Waals surface area (Å²) in [7, 11) is 0. The van der Waals surface area contributed by atoms with E-state index in [1.54, 1.807) is 23.7 Å². The van der Waals surface area contributed by atoms with Crippen LogP contribution in [0.4, 0.5) is 19.7 Å². The summed E-state index contributed by atoms with van der Waals surface area (Å²) in [6.07, 6.45) is 1.83. The number of aromatic nitrogens is 2. The molecule has 11 heteroatoms. The van der Waals surface area contributed by atoms with E-state index < -0.39 is 29.1 Å². The SMILES string of the molecule is N#CCC1CC(Cc2nc(Nc3nccs3)ccc2F)(C(=O)O)CCN1Cc1cccc(Cl)c1F. The van der Waals surface area contributed by atoms with Crippen molar-refractivity contribution >= 4 is 39.9 Å². The van der Waals surface area contributed by atoms with Crippen LogP contribution in [0.15, 0.2) is 41.9 Å². The Bertz CT molecular complexity index is 1250. The first kappa shape index (κ1) is 25.0. The predicted octanol–water partition coefficient (Wildman–Crippen LogP) is 5.41. The number of thiazole rings is 1. The molecule has 0 spiro atoms. The van der Waals surface area contributed by atoms with Crippen LogP contribution in [0.1, 0.15) is 30.5 Å². The molecule has 0 radical (unpaired) electrons. The molecular weight excluding hydrogens is 496 g/mol. The van der Waals surface area contributed by atoms with Gasteiger partial charge < -0.3 is 10.4 Å². The van der Waals surface area contributed by atoms with Gasteiger partial charge in [0.15, 0.2) is 5.13 Å². The topological polar surface area (TPSA) is 102 Å². The summed E-state index contributed by atoms with van der Waals surface area (Å²) in [5, 5.41) is 25.0. The van der Waals surface area contributed by atoms with Gasteiger partial charge in [-0.1, -0.05) is 23.7 Å². The average Bonchev–Trinajstić information content (AvgIpc) is 3.34. The van der Waals surface area contributed by atoms with E-state index in [4.69, 9.17) is 11.6 Å². The molecule has 182 valence electrons. The maximum absolute atomic E-state index is 14.7. The number of rotatable bonds is 8. The summed E-state index contributed by atoms with van der Waals surface area (Å²) in [6.45, 7) is 0.484. The minimum Gasteiger partial charge on any atom is -0.481 e. The molecule has 2 aromatic heterocycles. The first-order valence-corrected chi connectivity index (χ1v) is 12.2. The number of halogens is 3. The third kappa shape index (κ3) is 5.59. The Morgan fingerprint density at radius 2 is 2.20 bits per heavy atom. The minimum atomic E-state index is -1.32. The van der Waals surface area contributed by atoms with Crippen LogP contribution in [0, 0.1) is 28.4 Å². The van der Waals surface area contributed by atoms with Crippen molar-refractivity contribution < 1.29 is 18.7 Å². The van der Waals surface area contributed by atoms with Crippen molar-refractivity contribution in [1.29, 1.82) is 5.26 Å². The van der Waals surface area contributed by atoms with Crippen molar-refractivity contribution in [3.63, 3.8) is 0 Å². The van der Waals surface area contributed by atoms with Gasteiger partial charge in [0, 0.05) is 36.1 Å². The Morgan fingerprint density at radius 3 is 2.91 bits per heavy atom. The van der Waals surface area contributed by atoms with Gasteiger partial charge in [0.1, 0.15) is 17.5 Å². The Kier molecular flexibility index (Phi) is 7.60. The van der Waals surface area contributed by atoms with Gasteiger partial charge in [-0.15, -0.1) is 11.3 Å². The fourth-order valence-corrected chi connectivity index (χ4v) is 5.18. The highest BCUT2D eigenvalue weighted by Crippen LogP contribution is 2.40. The Morgan fingerprint density at radius 1 is 1.37 bits per heavy atom. The first-order valence-electron chi connectivity index (χ1n) is 10.9. The van der Waals surface area contributed by atoms with Gasteiger partial charge in [-0.3, -0.25) is 9.69 Å². The van der Waals surface area contributed by atoms with Crippen LogP contribution in [0.2, 0.25) is 5.02 Å². The van der Waals surface area contributed by atoms with Crippen LogP contribution in [0.25, 0.3) is 0 Å². The molecule has 0 amide bonds. The molecule has 4 rings (SSSR count). The molecule has 1 aromatic carbocycles. The molecule has 1 fully saturated rings. The van der Waals surface area contributed by atoms with Crippen LogP contribution < -0.4 is 5.32 Å². The molecule has 0 aliphatic carbocycles. The lowest BCUT2D eigenvalue weighted by atomic mass is 9.71. The summed E-state index contributed by atoms with van der Waals surface area (Å²) in [5.74, 6) is -1.85. The minimum absolute atomic E-state index is 0.00372. The van der Waals surface area contributed by atoms with Gasteiger partial charge in [-0.2, -0.15) is 5.26 Å². The van der Waals surface area contributed by atoms with Crippen LogP contribution in [-0.4, -0.2) is 38.5 Å². The van der Waals surface area contributed by atoms with Crippen LogP contribution in [-0.2, 0) is 17.8 Å². The number of carbonyl (C=O) groups is 1. The van der Waals surface area contributed by atoms with Crippen molar-refractivity contribution in [3.05, 3.63) is 69.8 Å². The highest BCUT2D eigenvalue weighted by atomic mass is 35.5. The molecule has 3 heterocycles. The number of hydrogen-bond acceptors (Lipinski definition) is 7. The summed E-state index contributed by atoms with van der Waals surface area (Å²) < 4.78 is 29.2. The lowest BCUT2D eigenvalue weighted by Crippen LogP contribution is -2.51. The molecule has 1 saturated heterocycles. The van der Waals surface area contributed by atoms with Crippen molar-refractivity contribution in [2.45, 2.75) is 38.3 Å². The highest BCUT2D eigenvalue weighted by molar-refractivity contribution is 7.13. The second-order valence-corrected chi connectivity index (χ2v) is 9.80. The monoisotopic (exact) mass is 517 g/mol. The van der Waals surface area contributed by atoms with Gasteiger partial charge in [-0.25, -0.2) is 18.7 Å². The number of hydrogen-bond donors (Lipinski definition) is 2.